The second kappa shape index (κ2) is 10.6. The summed E-state index contributed by atoms with van der Waals surface area (Å²) in [7, 11) is -0.713. The predicted molar refractivity (Wildman–Crippen MR) is 92.5 cm³/mol. The number of amides is 1. The van der Waals surface area contributed by atoms with Crippen molar-refractivity contribution in [2.24, 2.45) is 4.99 Å². The topological polar surface area (TPSA) is 82.6 Å². The summed E-state index contributed by atoms with van der Waals surface area (Å²) in [6, 6.07) is 0.327. The third-order valence-corrected chi connectivity index (χ3v) is 5.46. The Hall–Kier alpha value is -1.11. The highest BCUT2D eigenvalue weighted by atomic mass is 32.2. The fraction of sp³-hybridized carbons (Fsp3) is 0.867. The van der Waals surface area contributed by atoms with E-state index in [2.05, 4.69) is 20.9 Å². The summed E-state index contributed by atoms with van der Waals surface area (Å²) in [4.78, 5) is 15.3. The minimum atomic E-state index is -0.713. The van der Waals surface area contributed by atoms with Gasteiger partial charge in [-0.25, -0.2) is 0 Å². The molecule has 0 aromatic rings. The second-order valence-electron chi connectivity index (χ2n) is 5.54. The number of nitrogens with one attached hydrogen (secondary N) is 3. The van der Waals surface area contributed by atoms with Gasteiger partial charge in [0.15, 0.2) is 5.96 Å². The van der Waals surface area contributed by atoms with E-state index in [1.54, 1.807) is 0 Å². The molecule has 128 valence electrons. The minimum absolute atomic E-state index is 0.0367. The van der Waals surface area contributed by atoms with Gasteiger partial charge in [0.1, 0.15) is 0 Å². The van der Waals surface area contributed by atoms with Crippen LogP contribution in [-0.2, 0) is 15.6 Å². The van der Waals surface area contributed by atoms with Crippen molar-refractivity contribution >= 4 is 22.7 Å². The zero-order chi connectivity index (χ0) is 16.4. The van der Waals surface area contributed by atoms with E-state index in [9.17, 15) is 9.00 Å². The van der Waals surface area contributed by atoms with Crippen LogP contribution >= 0.6 is 0 Å². The molecule has 0 aromatic heterocycles. The van der Waals surface area contributed by atoms with Crippen LogP contribution in [0.25, 0.3) is 0 Å². The van der Waals surface area contributed by atoms with Crippen molar-refractivity contribution in [3.63, 3.8) is 0 Å². The summed E-state index contributed by atoms with van der Waals surface area (Å²) in [6.45, 7) is 7.40. The van der Waals surface area contributed by atoms with Gasteiger partial charge in [0, 0.05) is 47.9 Å². The van der Waals surface area contributed by atoms with Gasteiger partial charge in [-0.05, 0) is 26.2 Å². The Labute approximate surface area is 136 Å². The third-order valence-electron chi connectivity index (χ3n) is 3.72. The fourth-order valence-electron chi connectivity index (χ4n) is 2.66. The molecule has 6 nitrogen and oxygen atoms in total. The minimum Gasteiger partial charge on any atom is -0.357 e. The molecule has 3 N–H and O–H groups in total. The molecule has 1 aliphatic carbocycles. The molecule has 0 saturated heterocycles. The van der Waals surface area contributed by atoms with E-state index in [-0.39, 0.29) is 5.91 Å². The molecule has 0 bridgehead atoms. The molecule has 1 saturated carbocycles. The van der Waals surface area contributed by atoms with Crippen LogP contribution in [-0.4, -0.2) is 52.8 Å². The summed E-state index contributed by atoms with van der Waals surface area (Å²) < 4.78 is 12.0. The summed E-state index contributed by atoms with van der Waals surface area (Å²) in [5, 5.41) is 9.71. The summed E-state index contributed by atoms with van der Waals surface area (Å²) in [5.41, 5.74) is 0. The maximum Gasteiger partial charge on any atom is 0.216 e. The molecular formula is C15H30N4O2S. The van der Waals surface area contributed by atoms with Gasteiger partial charge in [-0.2, -0.15) is 0 Å². The molecule has 1 fully saturated rings. The molecule has 0 spiro atoms. The van der Waals surface area contributed by atoms with E-state index in [1.165, 1.54) is 6.92 Å². The van der Waals surface area contributed by atoms with Gasteiger partial charge in [-0.15, -0.1) is 0 Å². The Bertz CT molecular complexity index is 401. The Morgan fingerprint density at radius 2 is 2.05 bits per heavy atom. The van der Waals surface area contributed by atoms with Crippen molar-refractivity contribution in [2.75, 3.05) is 25.4 Å². The summed E-state index contributed by atoms with van der Waals surface area (Å²) in [5.74, 6) is 1.48. The number of aliphatic imine (C=N–C) groups is 1. The molecular weight excluding hydrogens is 300 g/mol. The standard InChI is InChI=1S/C15H30N4O2S/c1-4-16-15(18-10-9-17-12(3)20)19-13-7-6-8-14(11-13)22(21)5-2/h13-14H,4-11H2,1-3H3,(H,17,20)(H2,16,18,19). The van der Waals surface area contributed by atoms with Crippen LogP contribution in [0.4, 0.5) is 0 Å². The van der Waals surface area contributed by atoms with Gasteiger partial charge >= 0.3 is 0 Å². The lowest BCUT2D eigenvalue weighted by molar-refractivity contribution is -0.118. The first-order valence-electron chi connectivity index (χ1n) is 8.23. The first-order chi connectivity index (χ1) is 10.6. The molecule has 3 unspecified atom stereocenters. The average molecular weight is 330 g/mol. The van der Waals surface area contributed by atoms with Crippen LogP contribution in [0.5, 0.6) is 0 Å². The van der Waals surface area contributed by atoms with Crippen LogP contribution in [0, 0.1) is 0 Å². The third kappa shape index (κ3) is 7.24. The van der Waals surface area contributed by atoms with Crippen molar-refractivity contribution < 1.29 is 9.00 Å². The maximum atomic E-state index is 12.0. The van der Waals surface area contributed by atoms with Crippen molar-refractivity contribution in [1.29, 1.82) is 0 Å². The summed E-state index contributed by atoms with van der Waals surface area (Å²) >= 11 is 0. The molecule has 0 heterocycles. The monoisotopic (exact) mass is 330 g/mol. The van der Waals surface area contributed by atoms with Crippen LogP contribution in [0.15, 0.2) is 4.99 Å². The molecule has 0 aromatic carbocycles. The lowest BCUT2D eigenvalue weighted by Gasteiger charge is -2.30. The van der Waals surface area contributed by atoms with Crippen LogP contribution in [0.2, 0.25) is 0 Å². The van der Waals surface area contributed by atoms with E-state index in [0.717, 1.165) is 43.9 Å². The Kier molecular flexibility index (Phi) is 9.11. The summed E-state index contributed by atoms with van der Waals surface area (Å²) in [6.07, 6.45) is 4.21. The van der Waals surface area contributed by atoms with E-state index >= 15 is 0 Å². The fourth-order valence-corrected chi connectivity index (χ4v) is 4.01. The van der Waals surface area contributed by atoms with Crippen molar-refractivity contribution in [3.8, 4) is 0 Å². The van der Waals surface area contributed by atoms with Gasteiger partial charge in [0.25, 0.3) is 0 Å². The lowest BCUT2D eigenvalue weighted by Crippen LogP contribution is -2.47. The Morgan fingerprint density at radius 3 is 2.68 bits per heavy atom. The first kappa shape index (κ1) is 18.9. The van der Waals surface area contributed by atoms with Crippen LogP contribution in [0.1, 0.15) is 46.5 Å². The quantitative estimate of drug-likeness (QED) is 0.366. The van der Waals surface area contributed by atoms with Gasteiger partial charge in [-0.3, -0.25) is 14.0 Å². The van der Waals surface area contributed by atoms with Gasteiger partial charge in [-0.1, -0.05) is 13.3 Å². The maximum absolute atomic E-state index is 12.0. The number of carbonyl (C=O) groups is 1. The zero-order valence-electron chi connectivity index (χ0n) is 14.0. The first-order valence-corrected chi connectivity index (χ1v) is 9.61. The average Bonchev–Trinajstić information content (AvgIpc) is 2.51. The van der Waals surface area contributed by atoms with Crippen LogP contribution < -0.4 is 16.0 Å². The number of guanidine groups is 1. The molecule has 7 heteroatoms. The smallest absolute Gasteiger partial charge is 0.216 e. The van der Waals surface area contributed by atoms with Gasteiger partial charge < -0.3 is 16.0 Å². The number of hydrogen-bond donors (Lipinski definition) is 3. The molecule has 1 aliphatic rings. The van der Waals surface area contributed by atoms with Crippen molar-refractivity contribution in [1.82, 2.24) is 16.0 Å². The van der Waals surface area contributed by atoms with Gasteiger partial charge in [0.2, 0.25) is 5.91 Å². The Morgan fingerprint density at radius 1 is 1.27 bits per heavy atom. The van der Waals surface area contributed by atoms with E-state index < -0.39 is 10.8 Å². The number of rotatable bonds is 7. The van der Waals surface area contributed by atoms with Crippen molar-refractivity contribution in [2.45, 2.75) is 57.7 Å². The van der Waals surface area contributed by atoms with Crippen molar-refractivity contribution in [3.05, 3.63) is 0 Å². The molecule has 0 radical (unpaired) electrons. The highest BCUT2D eigenvalue weighted by Gasteiger charge is 2.25. The van der Waals surface area contributed by atoms with Crippen LogP contribution in [0.3, 0.4) is 0 Å². The highest BCUT2D eigenvalue weighted by Crippen LogP contribution is 2.22. The lowest BCUT2D eigenvalue weighted by atomic mass is 9.95. The SMILES string of the molecule is CCNC(=NCCNC(C)=O)NC1CCCC(S(=O)CC)C1. The zero-order valence-corrected chi connectivity index (χ0v) is 14.8. The number of carbonyl (C=O) groups excluding carboxylic acids is 1. The van der Waals surface area contributed by atoms with E-state index in [0.29, 0.717) is 24.4 Å². The largest absolute Gasteiger partial charge is 0.357 e. The molecule has 22 heavy (non-hydrogen) atoms. The molecule has 0 aliphatic heterocycles. The van der Waals surface area contributed by atoms with Gasteiger partial charge in [0.05, 0.1) is 6.54 Å². The predicted octanol–water partition coefficient (Wildman–Crippen LogP) is 0.757. The normalized spacial score (nSPS) is 23.7. The highest BCUT2D eigenvalue weighted by molar-refractivity contribution is 7.85. The Balaban J connectivity index is 2.48. The number of nitrogens with zero attached hydrogens (tertiary/aromatic N) is 1. The van der Waals surface area contributed by atoms with E-state index in [4.69, 9.17) is 0 Å². The molecule has 1 amide bonds. The second-order valence-corrected chi connectivity index (χ2v) is 7.55. The molecule has 1 rings (SSSR count). The molecule has 3 atom stereocenters. The van der Waals surface area contributed by atoms with E-state index in [1.807, 2.05) is 13.8 Å². The number of hydrogen-bond acceptors (Lipinski definition) is 3.